The highest BCUT2D eigenvalue weighted by Gasteiger charge is 2.24. The van der Waals surface area contributed by atoms with Gasteiger partial charge in [-0.3, -0.25) is 4.79 Å². The minimum atomic E-state index is -0.303. The molecule has 1 aliphatic heterocycles. The van der Waals surface area contributed by atoms with Crippen molar-refractivity contribution in [3.8, 4) is 0 Å². The third kappa shape index (κ3) is 3.50. The van der Waals surface area contributed by atoms with Crippen molar-refractivity contribution in [1.82, 2.24) is 5.32 Å². The Bertz CT molecular complexity index is 520. The number of para-hydroxylation sites is 2. The quantitative estimate of drug-likeness (QED) is 0.871. The van der Waals surface area contributed by atoms with E-state index in [1.807, 2.05) is 45.0 Å². The molecule has 0 atom stereocenters. The van der Waals surface area contributed by atoms with E-state index in [1.165, 1.54) is 0 Å². The summed E-state index contributed by atoms with van der Waals surface area (Å²) in [6, 6.07) is 7.11. The Hall–Kier alpha value is -2.04. The lowest BCUT2D eigenvalue weighted by Crippen LogP contribution is -2.43. The number of hydrogen-bond donors (Lipinski definition) is 2. The topological polar surface area (TPSA) is 61.4 Å². The average Bonchev–Trinajstić information content (AvgIpc) is 2.73. The molecule has 0 unspecified atom stereocenters. The Labute approximate surface area is 119 Å². The second-order valence-electron chi connectivity index (χ2n) is 6.00. The van der Waals surface area contributed by atoms with Crippen LogP contribution in [0.3, 0.4) is 0 Å². The summed E-state index contributed by atoms with van der Waals surface area (Å²) in [5.74, 6) is 0.107. The van der Waals surface area contributed by atoms with Gasteiger partial charge in [-0.25, -0.2) is 4.79 Å². The Kier molecular flexibility index (Phi) is 3.97. The first kappa shape index (κ1) is 14.4. The van der Waals surface area contributed by atoms with E-state index in [4.69, 9.17) is 0 Å². The van der Waals surface area contributed by atoms with Crippen LogP contribution in [0.5, 0.6) is 0 Å². The van der Waals surface area contributed by atoms with Crippen LogP contribution in [0, 0.1) is 0 Å². The summed E-state index contributed by atoms with van der Waals surface area (Å²) in [6.45, 7) is 6.46. The van der Waals surface area contributed by atoms with Gasteiger partial charge < -0.3 is 15.5 Å². The molecule has 0 saturated carbocycles. The van der Waals surface area contributed by atoms with Gasteiger partial charge in [0.15, 0.2) is 0 Å². The summed E-state index contributed by atoms with van der Waals surface area (Å²) in [4.78, 5) is 25.5. The van der Waals surface area contributed by atoms with E-state index in [9.17, 15) is 9.59 Å². The van der Waals surface area contributed by atoms with Crippen LogP contribution < -0.4 is 15.5 Å². The van der Waals surface area contributed by atoms with Crippen molar-refractivity contribution in [2.75, 3.05) is 16.8 Å². The maximum Gasteiger partial charge on any atom is 0.319 e. The summed E-state index contributed by atoms with van der Waals surface area (Å²) in [6.07, 6.45) is 1.43. The molecular weight excluding hydrogens is 254 g/mol. The molecule has 2 rings (SSSR count). The van der Waals surface area contributed by atoms with Crippen molar-refractivity contribution in [1.29, 1.82) is 0 Å². The Morgan fingerprint density at radius 3 is 2.55 bits per heavy atom. The van der Waals surface area contributed by atoms with Crippen LogP contribution in [-0.2, 0) is 4.79 Å². The normalized spacial score (nSPS) is 15.3. The highest BCUT2D eigenvalue weighted by Crippen LogP contribution is 2.29. The van der Waals surface area contributed by atoms with Crippen molar-refractivity contribution < 1.29 is 9.59 Å². The van der Waals surface area contributed by atoms with Crippen molar-refractivity contribution in [3.63, 3.8) is 0 Å². The molecule has 0 spiro atoms. The van der Waals surface area contributed by atoms with E-state index in [-0.39, 0.29) is 17.5 Å². The molecule has 1 saturated heterocycles. The summed E-state index contributed by atoms with van der Waals surface area (Å²) >= 11 is 0. The largest absolute Gasteiger partial charge is 0.333 e. The van der Waals surface area contributed by atoms with Gasteiger partial charge in [0.25, 0.3) is 0 Å². The van der Waals surface area contributed by atoms with Crippen molar-refractivity contribution in [2.45, 2.75) is 39.2 Å². The van der Waals surface area contributed by atoms with Crippen LogP contribution in [0.25, 0.3) is 0 Å². The molecule has 5 heteroatoms. The molecule has 108 valence electrons. The first-order valence-corrected chi connectivity index (χ1v) is 6.85. The smallest absolute Gasteiger partial charge is 0.319 e. The zero-order chi connectivity index (χ0) is 14.8. The molecule has 0 radical (unpaired) electrons. The third-order valence-electron chi connectivity index (χ3n) is 3.00. The molecule has 0 aromatic heterocycles. The monoisotopic (exact) mass is 275 g/mol. The van der Waals surface area contributed by atoms with Crippen molar-refractivity contribution in [2.24, 2.45) is 0 Å². The van der Waals surface area contributed by atoms with Gasteiger partial charge in [-0.15, -0.1) is 0 Å². The van der Waals surface area contributed by atoms with E-state index in [1.54, 1.807) is 4.90 Å². The van der Waals surface area contributed by atoms with Gasteiger partial charge in [0.05, 0.1) is 11.4 Å². The number of rotatable bonds is 2. The highest BCUT2D eigenvalue weighted by atomic mass is 16.2. The third-order valence-corrected chi connectivity index (χ3v) is 3.00. The lowest BCUT2D eigenvalue weighted by molar-refractivity contribution is -0.117. The number of nitrogens with zero attached hydrogens (tertiary/aromatic N) is 1. The molecule has 1 aromatic rings. The fourth-order valence-corrected chi connectivity index (χ4v) is 2.21. The molecule has 1 aromatic carbocycles. The molecule has 0 bridgehead atoms. The van der Waals surface area contributed by atoms with E-state index in [0.717, 1.165) is 12.1 Å². The summed E-state index contributed by atoms with van der Waals surface area (Å²) in [5.41, 5.74) is 1.12. The van der Waals surface area contributed by atoms with Gasteiger partial charge in [-0.05, 0) is 39.3 Å². The Morgan fingerprint density at radius 2 is 1.95 bits per heavy atom. The Balaban J connectivity index is 2.16. The van der Waals surface area contributed by atoms with Gasteiger partial charge in [0.2, 0.25) is 5.91 Å². The van der Waals surface area contributed by atoms with E-state index < -0.39 is 0 Å². The van der Waals surface area contributed by atoms with Crippen molar-refractivity contribution in [3.05, 3.63) is 24.3 Å². The van der Waals surface area contributed by atoms with Gasteiger partial charge in [-0.2, -0.15) is 0 Å². The average molecular weight is 275 g/mol. The van der Waals surface area contributed by atoms with E-state index >= 15 is 0 Å². The molecule has 2 N–H and O–H groups in total. The van der Waals surface area contributed by atoms with Gasteiger partial charge in [-0.1, -0.05) is 12.1 Å². The summed E-state index contributed by atoms with van der Waals surface area (Å²) in [5, 5.41) is 5.66. The lowest BCUT2D eigenvalue weighted by atomic mass is 10.1. The number of carbonyl (C=O) groups is 2. The summed E-state index contributed by atoms with van der Waals surface area (Å²) < 4.78 is 0. The van der Waals surface area contributed by atoms with E-state index in [2.05, 4.69) is 10.6 Å². The second-order valence-corrected chi connectivity index (χ2v) is 6.00. The number of nitrogens with one attached hydrogen (secondary N) is 2. The number of benzene rings is 1. The standard InChI is InChI=1S/C15H21N3O2/c1-15(2,3)17-14(20)16-11-7-4-5-8-12(11)18-10-6-9-13(18)19/h4-5,7-8H,6,9-10H2,1-3H3,(H2,16,17,20). The van der Waals surface area contributed by atoms with Crippen molar-refractivity contribution >= 4 is 23.3 Å². The van der Waals surface area contributed by atoms with Crippen LogP contribution in [0.1, 0.15) is 33.6 Å². The number of carbonyl (C=O) groups excluding carboxylic acids is 2. The molecule has 5 nitrogen and oxygen atoms in total. The zero-order valence-electron chi connectivity index (χ0n) is 12.2. The van der Waals surface area contributed by atoms with Crippen LogP contribution in [-0.4, -0.2) is 24.0 Å². The fraction of sp³-hybridized carbons (Fsp3) is 0.467. The SMILES string of the molecule is CC(C)(C)NC(=O)Nc1ccccc1N1CCCC1=O. The minimum absolute atomic E-state index is 0.107. The van der Waals surface area contributed by atoms with Crippen LogP contribution in [0.2, 0.25) is 0 Å². The fourth-order valence-electron chi connectivity index (χ4n) is 2.21. The van der Waals surface area contributed by atoms with Crippen LogP contribution >= 0.6 is 0 Å². The first-order chi connectivity index (χ1) is 9.37. The highest BCUT2D eigenvalue weighted by molar-refractivity contribution is 6.01. The maximum absolute atomic E-state index is 12.0. The predicted octanol–water partition coefficient (Wildman–Crippen LogP) is 2.73. The van der Waals surface area contributed by atoms with E-state index in [0.29, 0.717) is 18.7 Å². The second kappa shape index (κ2) is 5.53. The number of hydrogen-bond acceptors (Lipinski definition) is 2. The van der Waals surface area contributed by atoms with Gasteiger partial charge in [0.1, 0.15) is 0 Å². The predicted molar refractivity (Wildman–Crippen MR) is 79.9 cm³/mol. The minimum Gasteiger partial charge on any atom is -0.333 e. The Morgan fingerprint density at radius 1 is 1.25 bits per heavy atom. The molecular formula is C15H21N3O2. The molecule has 0 aliphatic carbocycles. The number of anilines is 2. The molecule has 1 aliphatic rings. The first-order valence-electron chi connectivity index (χ1n) is 6.85. The molecule has 1 fully saturated rings. The molecule has 20 heavy (non-hydrogen) atoms. The van der Waals surface area contributed by atoms with Gasteiger partial charge in [0, 0.05) is 18.5 Å². The number of amides is 3. The van der Waals surface area contributed by atoms with Gasteiger partial charge >= 0.3 is 6.03 Å². The van der Waals surface area contributed by atoms with Crippen LogP contribution in [0.4, 0.5) is 16.2 Å². The molecule has 1 heterocycles. The maximum atomic E-state index is 12.0. The number of urea groups is 1. The molecule has 3 amide bonds. The summed E-state index contributed by atoms with van der Waals surface area (Å²) in [7, 11) is 0. The lowest BCUT2D eigenvalue weighted by Gasteiger charge is -2.23. The van der Waals surface area contributed by atoms with Crippen LogP contribution in [0.15, 0.2) is 24.3 Å². The zero-order valence-corrected chi connectivity index (χ0v) is 12.2.